The highest BCUT2D eigenvalue weighted by atomic mass is 16.2. The molecule has 114 valence electrons. The second-order valence-electron chi connectivity index (χ2n) is 5.36. The third-order valence-corrected chi connectivity index (χ3v) is 3.74. The summed E-state index contributed by atoms with van der Waals surface area (Å²) in [7, 11) is 0. The van der Waals surface area contributed by atoms with Gasteiger partial charge in [-0.05, 0) is 12.8 Å². The zero-order valence-corrected chi connectivity index (χ0v) is 12.4. The maximum Gasteiger partial charge on any atom is 0.324 e. The Labute approximate surface area is 129 Å². The van der Waals surface area contributed by atoms with Crippen molar-refractivity contribution in [1.29, 1.82) is 0 Å². The second-order valence-corrected chi connectivity index (χ2v) is 5.36. The summed E-state index contributed by atoms with van der Waals surface area (Å²) in [6.07, 6.45) is 6.07. The van der Waals surface area contributed by atoms with Crippen LogP contribution in [0.2, 0.25) is 0 Å². The van der Waals surface area contributed by atoms with Gasteiger partial charge in [-0.1, -0.05) is 43.2 Å². The van der Waals surface area contributed by atoms with E-state index in [0.29, 0.717) is 5.69 Å². The SMILES string of the molecule is O=C(Nc1nncc(-c2ccccc2)n1)N1CCCCCC1. The number of rotatable bonds is 2. The number of nitrogens with zero attached hydrogens (tertiary/aromatic N) is 4. The van der Waals surface area contributed by atoms with Gasteiger partial charge in [0.15, 0.2) is 0 Å². The first kappa shape index (κ1) is 14.4. The van der Waals surface area contributed by atoms with Gasteiger partial charge in [-0.25, -0.2) is 9.78 Å². The van der Waals surface area contributed by atoms with Crippen molar-refractivity contribution >= 4 is 12.0 Å². The topological polar surface area (TPSA) is 71.0 Å². The number of carbonyl (C=O) groups excluding carboxylic acids is 1. The predicted molar refractivity (Wildman–Crippen MR) is 84.3 cm³/mol. The molecule has 1 aromatic carbocycles. The van der Waals surface area contributed by atoms with Gasteiger partial charge in [0.1, 0.15) is 0 Å². The van der Waals surface area contributed by atoms with Crippen LogP contribution in [0.15, 0.2) is 36.5 Å². The fourth-order valence-corrected chi connectivity index (χ4v) is 2.55. The zero-order chi connectivity index (χ0) is 15.2. The Hall–Kier alpha value is -2.50. The number of carbonyl (C=O) groups is 1. The average Bonchev–Trinajstić information content (AvgIpc) is 2.85. The molecule has 6 nitrogen and oxygen atoms in total. The summed E-state index contributed by atoms with van der Waals surface area (Å²) >= 11 is 0. The largest absolute Gasteiger partial charge is 0.324 e. The molecule has 1 saturated heterocycles. The number of hydrogen-bond acceptors (Lipinski definition) is 4. The van der Waals surface area contributed by atoms with Gasteiger partial charge in [-0.15, -0.1) is 5.10 Å². The molecular weight excluding hydrogens is 278 g/mol. The maximum atomic E-state index is 12.3. The minimum atomic E-state index is -0.145. The Morgan fingerprint density at radius 1 is 1.05 bits per heavy atom. The first-order valence-corrected chi connectivity index (χ1v) is 7.64. The summed E-state index contributed by atoms with van der Waals surface area (Å²) in [6, 6.07) is 9.57. The van der Waals surface area contributed by atoms with Crippen LogP contribution in [0.1, 0.15) is 25.7 Å². The highest BCUT2D eigenvalue weighted by Gasteiger charge is 2.16. The van der Waals surface area contributed by atoms with E-state index in [1.165, 1.54) is 12.8 Å². The van der Waals surface area contributed by atoms with Crippen molar-refractivity contribution in [3.8, 4) is 11.3 Å². The molecule has 1 aromatic heterocycles. The van der Waals surface area contributed by atoms with E-state index >= 15 is 0 Å². The standard InChI is InChI=1S/C16H19N5O/c22-16(21-10-6-1-2-7-11-21)19-15-18-14(12-17-20-15)13-8-4-3-5-9-13/h3-5,8-9,12H,1-2,6-7,10-11H2,(H,18,19,20,22). The molecule has 1 N–H and O–H groups in total. The van der Waals surface area contributed by atoms with Gasteiger partial charge in [0.25, 0.3) is 5.95 Å². The molecule has 3 rings (SSSR count). The highest BCUT2D eigenvalue weighted by Crippen LogP contribution is 2.16. The van der Waals surface area contributed by atoms with Gasteiger partial charge in [-0.3, -0.25) is 5.32 Å². The summed E-state index contributed by atoms with van der Waals surface area (Å²) in [5.41, 5.74) is 1.64. The first-order chi connectivity index (χ1) is 10.8. The number of nitrogens with one attached hydrogen (secondary N) is 1. The summed E-state index contributed by atoms with van der Waals surface area (Å²) in [6.45, 7) is 1.58. The van der Waals surface area contributed by atoms with Gasteiger partial charge in [-0.2, -0.15) is 5.10 Å². The van der Waals surface area contributed by atoms with Crippen molar-refractivity contribution in [3.63, 3.8) is 0 Å². The van der Waals surface area contributed by atoms with E-state index in [1.807, 2.05) is 35.2 Å². The summed E-state index contributed by atoms with van der Waals surface area (Å²) in [4.78, 5) is 18.5. The van der Waals surface area contributed by atoms with E-state index in [9.17, 15) is 4.79 Å². The second kappa shape index (κ2) is 6.98. The van der Waals surface area contributed by atoms with Crippen LogP contribution in [0, 0.1) is 0 Å². The molecule has 2 amide bonds. The van der Waals surface area contributed by atoms with E-state index in [0.717, 1.165) is 31.5 Å². The molecule has 2 aromatic rings. The summed E-state index contributed by atoms with van der Waals surface area (Å²) in [5, 5.41) is 10.6. The zero-order valence-electron chi connectivity index (χ0n) is 12.4. The lowest BCUT2D eigenvalue weighted by Crippen LogP contribution is -2.36. The van der Waals surface area contributed by atoms with E-state index in [-0.39, 0.29) is 12.0 Å². The third kappa shape index (κ3) is 3.58. The molecule has 0 bridgehead atoms. The van der Waals surface area contributed by atoms with Crippen molar-refractivity contribution in [2.45, 2.75) is 25.7 Å². The molecule has 1 aliphatic heterocycles. The van der Waals surface area contributed by atoms with Gasteiger partial charge in [0.05, 0.1) is 11.9 Å². The van der Waals surface area contributed by atoms with Crippen LogP contribution in [0.3, 0.4) is 0 Å². The van der Waals surface area contributed by atoms with Gasteiger partial charge >= 0.3 is 6.03 Å². The molecule has 0 radical (unpaired) electrons. The minimum Gasteiger partial charge on any atom is -0.324 e. The lowest BCUT2D eigenvalue weighted by molar-refractivity contribution is 0.213. The van der Waals surface area contributed by atoms with Crippen LogP contribution in [-0.2, 0) is 0 Å². The number of likely N-dealkylation sites (tertiary alicyclic amines) is 1. The van der Waals surface area contributed by atoms with Gasteiger partial charge in [0.2, 0.25) is 0 Å². The minimum absolute atomic E-state index is 0.145. The Morgan fingerprint density at radius 3 is 2.50 bits per heavy atom. The van der Waals surface area contributed by atoms with E-state index < -0.39 is 0 Å². The molecular formula is C16H19N5O. The predicted octanol–water partition coefficient (Wildman–Crippen LogP) is 2.95. The van der Waals surface area contributed by atoms with Crippen LogP contribution in [-0.4, -0.2) is 39.2 Å². The Bertz CT molecular complexity index is 623. The lowest BCUT2D eigenvalue weighted by Gasteiger charge is -2.19. The fraction of sp³-hybridized carbons (Fsp3) is 0.375. The average molecular weight is 297 g/mol. The summed E-state index contributed by atoms with van der Waals surface area (Å²) in [5.74, 6) is 0.246. The molecule has 0 aliphatic carbocycles. The van der Waals surface area contributed by atoms with Crippen LogP contribution in [0.5, 0.6) is 0 Å². The van der Waals surface area contributed by atoms with Crippen molar-refractivity contribution in [3.05, 3.63) is 36.5 Å². The quantitative estimate of drug-likeness (QED) is 0.925. The fourth-order valence-electron chi connectivity index (χ4n) is 2.55. The Morgan fingerprint density at radius 2 is 1.77 bits per heavy atom. The molecule has 2 heterocycles. The first-order valence-electron chi connectivity index (χ1n) is 7.64. The smallest absolute Gasteiger partial charge is 0.324 e. The van der Waals surface area contributed by atoms with E-state index in [2.05, 4.69) is 20.5 Å². The van der Waals surface area contributed by atoms with Crippen LogP contribution in [0.25, 0.3) is 11.3 Å². The van der Waals surface area contributed by atoms with Crippen molar-refractivity contribution in [1.82, 2.24) is 20.1 Å². The number of benzene rings is 1. The van der Waals surface area contributed by atoms with Crippen molar-refractivity contribution in [2.24, 2.45) is 0 Å². The molecule has 0 saturated carbocycles. The number of aromatic nitrogens is 3. The number of urea groups is 1. The monoisotopic (exact) mass is 297 g/mol. The molecule has 0 spiro atoms. The third-order valence-electron chi connectivity index (χ3n) is 3.74. The number of hydrogen-bond donors (Lipinski definition) is 1. The molecule has 1 aliphatic rings. The van der Waals surface area contributed by atoms with Crippen molar-refractivity contribution < 1.29 is 4.79 Å². The highest BCUT2D eigenvalue weighted by molar-refractivity contribution is 5.87. The van der Waals surface area contributed by atoms with Gasteiger partial charge in [0, 0.05) is 18.7 Å². The van der Waals surface area contributed by atoms with Crippen molar-refractivity contribution in [2.75, 3.05) is 18.4 Å². The summed E-state index contributed by atoms with van der Waals surface area (Å²) < 4.78 is 0. The van der Waals surface area contributed by atoms with Crippen LogP contribution < -0.4 is 5.32 Å². The molecule has 1 fully saturated rings. The number of amides is 2. The van der Waals surface area contributed by atoms with Crippen LogP contribution >= 0.6 is 0 Å². The molecule has 22 heavy (non-hydrogen) atoms. The normalized spacial score (nSPS) is 15.2. The Kier molecular flexibility index (Phi) is 4.58. The van der Waals surface area contributed by atoms with Gasteiger partial charge < -0.3 is 4.90 Å². The van der Waals surface area contributed by atoms with E-state index in [4.69, 9.17) is 0 Å². The lowest BCUT2D eigenvalue weighted by atomic mass is 10.2. The molecule has 0 atom stereocenters. The maximum absolute atomic E-state index is 12.3. The number of anilines is 1. The molecule has 0 unspecified atom stereocenters. The van der Waals surface area contributed by atoms with Crippen LogP contribution in [0.4, 0.5) is 10.7 Å². The molecule has 6 heteroatoms. The van der Waals surface area contributed by atoms with E-state index in [1.54, 1.807) is 6.20 Å². The Balaban J connectivity index is 1.71.